The van der Waals surface area contributed by atoms with Crippen molar-refractivity contribution < 1.29 is 0 Å². The molecule has 4 bridgehead atoms. The van der Waals surface area contributed by atoms with Crippen LogP contribution >= 0.6 is 58.0 Å². The second kappa shape index (κ2) is 39.4. The van der Waals surface area contributed by atoms with Crippen LogP contribution in [0.3, 0.4) is 0 Å². The molecule has 27 nitrogen and oxygen atoms in total. The predicted octanol–water partition coefficient (Wildman–Crippen LogP) is 18.1. The van der Waals surface area contributed by atoms with Crippen LogP contribution in [0.1, 0.15) is 222 Å². The number of pyridine rings is 8. The van der Waals surface area contributed by atoms with E-state index >= 15 is 0 Å². The standard InChI is InChI=1S/C25H32Cl2N6.2C25H32ClN7.C25H34ClN7/c1-30(2)17-12-15-32(16-13-17)22-11-5-10-21-29-24(25(27)33(21)22)20-9-4-8-19(31(20)3)23-18(26)7-6-14-28-23;1-30-16-11-12-17(30)15-32(14-16)22-10-4-9-21-29-24(25(27)33(21)22)20-8-3-7-19(31(20)2)23-18(26)6-5-13-28-23;1-30-14-16-11-12-17(15-30)32(16)22-10-4-9-21-29-24(25(27)33(21)22)20-8-3-7-19(31(20)2)23-18(26)6-5-13-28-23;1-30(2)17-12-15-32(16-13-17)22-11-5-10-21-29-24(25(27)33(21)22)20-9-4-8-19(31(20)3)23-18(26)7-6-14-28-23/h5-7,10-11,14,17,19-20H,4,8-9,12-13,15-16H2,1-3H3;2*4-6,9-10,13,16-17,19-20H,3,7-8,11-12,14-15,27H2,1-2H3;5-7,10-11,14,17,19-20H,4,8-9,12-13,15-16,27H2,1-3H3/t19-,20+;2*16?,17?,19-,20+;19-,20+/m0000/s1. The molecule has 132 heavy (non-hydrogen) atoms. The smallest absolute Gasteiger partial charge is 0.140 e. The summed E-state index contributed by atoms with van der Waals surface area (Å²) >= 11 is 33.1. The lowest BCUT2D eigenvalue weighted by molar-refractivity contribution is 0.110. The Kier molecular flexibility index (Phi) is 27.5. The van der Waals surface area contributed by atoms with Crippen LogP contribution in [0.15, 0.2) is 146 Å². The fraction of sp³-hybridized carbons (Fsp3) is 0.520. The highest BCUT2D eigenvalue weighted by Crippen LogP contribution is 2.50. The van der Waals surface area contributed by atoms with E-state index in [1.807, 2.05) is 73.3 Å². The van der Waals surface area contributed by atoms with Crippen molar-refractivity contribution in [2.45, 2.75) is 213 Å². The Balaban J connectivity index is 0.000000114. The summed E-state index contributed by atoms with van der Waals surface area (Å²) in [4.78, 5) is 67.8. The molecule has 0 aliphatic carbocycles. The van der Waals surface area contributed by atoms with Gasteiger partial charge >= 0.3 is 0 Å². The van der Waals surface area contributed by atoms with Crippen molar-refractivity contribution in [2.24, 2.45) is 0 Å². The molecule has 0 amide bonds. The Labute approximate surface area is 802 Å². The molecule has 0 saturated carbocycles. The van der Waals surface area contributed by atoms with Gasteiger partial charge in [-0.05, 0) is 296 Å². The topological polar surface area (TPSA) is 238 Å². The quantitative estimate of drug-likeness (QED) is 0.0917. The fourth-order valence-electron chi connectivity index (χ4n) is 24.0. The second-order valence-electron chi connectivity index (χ2n) is 39.1. The Hall–Kier alpha value is -8.91. The van der Waals surface area contributed by atoms with Crippen LogP contribution < -0.4 is 36.8 Å². The van der Waals surface area contributed by atoms with Crippen LogP contribution in [-0.2, 0) is 0 Å². The summed E-state index contributed by atoms with van der Waals surface area (Å²) in [6.07, 6.45) is 29.5. The van der Waals surface area contributed by atoms with E-state index in [1.165, 1.54) is 31.5 Å². The summed E-state index contributed by atoms with van der Waals surface area (Å²) in [5.41, 5.74) is 31.9. The molecule has 0 aromatic carbocycles. The highest BCUT2D eigenvalue weighted by molar-refractivity contribution is 6.32. The number of likely N-dealkylation sites (tertiary alicyclic amines) is 5. The monoisotopic (exact) mass is 1880 g/mol. The molecule has 12 aromatic heterocycles. The minimum atomic E-state index is 0.126. The van der Waals surface area contributed by atoms with E-state index in [1.54, 1.807) is 0 Å². The van der Waals surface area contributed by atoms with E-state index in [4.69, 9.17) is 95.1 Å². The number of rotatable bonds is 14. The zero-order valence-electron chi connectivity index (χ0n) is 78.1. The molecule has 12 atom stereocenters. The number of fused-ring (bicyclic) bond motifs is 8. The molecular formula is C100H130Cl5N27. The maximum atomic E-state index is 7.08. The number of nitrogens with zero attached hydrogens (tertiary/aromatic N) is 24. The lowest BCUT2D eigenvalue weighted by Crippen LogP contribution is -2.53. The van der Waals surface area contributed by atoms with Crippen LogP contribution in [-0.4, -0.2) is 256 Å². The van der Waals surface area contributed by atoms with E-state index in [-0.39, 0.29) is 48.3 Å². The van der Waals surface area contributed by atoms with Crippen LogP contribution in [0.5, 0.6) is 0 Å². The summed E-state index contributed by atoms with van der Waals surface area (Å²) in [6.45, 7) is 8.39. The van der Waals surface area contributed by atoms with Crippen molar-refractivity contribution in [1.29, 1.82) is 0 Å². The third-order valence-corrected chi connectivity index (χ3v) is 32.9. The molecule has 10 aliphatic rings. The number of nitrogen functional groups attached to an aromatic ring is 3. The molecule has 22 heterocycles. The number of piperazine rings is 2. The first-order valence-electron chi connectivity index (χ1n) is 48.0. The Morgan fingerprint density at radius 2 is 0.568 bits per heavy atom. The van der Waals surface area contributed by atoms with Gasteiger partial charge in [0.1, 0.15) is 85.5 Å². The Morgan fingerprint density at radius 1 is 0.288 bits per heavy atom. The Morgan fingerprint density at radius 3 is 0.902 bits per heavy atom. The minimum absolute atomic E-state index is 0.126. The van der Waals surface area contributed by atoms with Crippen molar-refractivity contribution in [2.75, 3.05) is 160 Å². The van der Waals surface area contributed by atoms with Crippen LogP contribution in [0.2, 0.25) is 25.2 Å². The number of imidazole rings is 4. The molecule has 12 aromatic rings. The number of hydrogen-bond acceptors (Lipinski definition) is 23. The van der Waals surface area contributed by atoms with Gasteiger partial charge in [-0.15, -0.1) is 0 Å². The Bertz CT molecular complexity index is 5830. The number of anilines is 7. The van der Waals surface area contributed by atoms with E-state index in [9.17, 15) is 0 Å². The van der Waals surface area contributed by atoms with Crippen molar-refractivity contribution in [1.82, 2.24) is 96.7 Å². The van der Waals surface area contributed by atoms with E-state index < -0.39 is 0 Å². The average molecular weight is 1890 g/mol. The van der Waals surface area contributed by atoms with Gasteiger partial charge in [-0.2, -0.15) is 0 Å². The number of likely N-dealkylation sites (N-methyl/N-ethyl adjacent to an activating group) is 2. The van der Waals surface area contributed by atoms with Crippen molar-refractivity contribution in [3.63, 3.8) is 0 Å². The van der Waals surface area contributed by atoms with Gasteiger partial charge in [-0.25, -0.2) is 19.9 Å². The maximum absolute atomic E-state index is 7.08. The van der Waals surface area contributed by atoms with Crippen molar-refractivity contribution >= 4 is 121 Å². The van der Waals surface area contributed by atoms with Gasteiger partial charge in [0.15, 0.2) is 0 Å². The minimum Gasteiger partial charge on any atom is -0.383 e. The SMILES string of the molecule is CN(C)C1CCN(c2cccc3nc([C@H]4CCC[C@@H](c5ncccc5Cl)N4C)c(Cl)n23)CC1.CN(C)C1CCN(c2cccc3nc([C@H]4CCC[C@@H](c5ncccc5Cl)N4C)c(N)n23)CC1.CN1C2CCC1CN(c1cccc3nc([C@H]4CCC[C@@H](c5ncccc5Cl)N4C)c(N)n13)C2.CN1CC2CCC(C1)N2c1cccc2nc([C@H]3CCC[C@@H](c4ncccc4Cl)N3C)c(N)n12. The fourth-order valence-corrected chi connectivity index (χ4v) is 25.4. The predicted molar refractivity (Wildman–Crippen MR) is 536 cm³/mol. The van der Waals surface area contributed by atoms with Gasteiger partial charge in [0.2, 0.25) is 0 Å². The zero-order chi connectivity index (χ0) is 91.6. The van der Waals surface area contributed by atoms with Crippen molar-refractivity contribution in [3.8, 4) is 0 Å². The normalized spacial score (nSPS) is 25.8. The largest absolute Gasteiger partial charge is 0.383 e. The molecule has 10 fully saturated rings. The first-order chi connectivity index (χ1) is 64.0. The van der Waals surface area contributed by atoms with Gasteiger partial charge in [-0.1, -0.05) is 82.3 Å². The highest BCUT2D eigenvalue weighted by Gasteiger charge is 2.45. The lowest BCUT2D eigenvalue weighted by Gasteiger charge is -2.41. The first-order valence-corrected chi connectivity index (χ1v) is 49.9. The van der Waals surface area contributed by atoms with Gasteiger partial charge in [0.05, 0.1) is 96.9 Å². The molecule has 4 unspecified atom stereocenters. The van der Waals surface area contributed by atoms with E-state index in [0.717, 1.165) is 283 Å². The summed E-state index contributed by atoms with van der Waals surface area (Å²) in [7, 11) is 21.8. The summed E-state index contributed by atoms with van der Waals surface area (Å²) in [5.74, 6) is 6.91. The zero-order valence-corrected chi connectivity index (χ0v) is 81.9. The molecule has 0 spiro atoms. The van der Waals surface area contributed by atoms with Crippen molar-refractivity contribution in [3.05, 3.63) is 217 Å². The molecule has 6 N–H and O–H groups in total. The molecular weight excluding hydrogens is 1760 g/mol. The van der Waals surface area contributed by atoms with Gasteiger partial charge < -0.3 is 51.5 Å². The highest BCUT2D eigenvalue weighted by atomic mass is 35.5. The van der Waals surface area contributed by atoms with Gasteiger partial charge in [0, 0.05) is 113 Å². The number of halogens is 5. The molecule has 0 radical (unpaired) electrons. The summed E-state index contributed by atoms with van der Waals surface area (Å²) < 4.78 is 8.65. The third-order valence-electron chi connectivity index (χ3n) is 31.2. The summed E-state index contributed by atoms with van der Waals surface area (Å²) in [5, 5.41) is 3.62. The molecule has 10 aliphatic heterocycles. The molecule has 22 rings (SSSR count). The van der Waals surface area contributed by atoms with E-state index in [0.29, 0.717) is 36.3 Å². The second-order valence-corrected chi connectivity index (χ2v) is 41.1. The number of aromatic nitrogens is 12. The number of hydrogen-bond donors (Lipinski definition) is 3. The average Bonchev–Trinajstić information content (AvgIpc) is 1.60. The molecule has 32 heteroatoms. The first kappa shape index (κ1) is 92.2. The third kappa shape index (κ3) is 17.8. The number of piperidine rings is 6. The van der Waals surface area contributed by atoms with E-state index in [2.05, 4.69) is 240 Å². The number of nitrogens with two attached hydrogens (primary N) is 3. The maximum Gasteiger partial charge on any atom is 0.140 e. The van der Waals surface area contributed by atoms with Crippen LogP contribution in [0.25, 0.3) is 22.6 Å². The van der Waals surface area contributed by atoms with Crippen LogP contribution in [0, 0.1) is 0 Å². The lowest BCUT2D eigenvalue weighted by atomic mass is 9.92. The van der Waals surface area contributed by atoms with Gasteiger partial charge in [0.25, 0.3) is 0 Å². The van der Waals surface area contributed by atoms with Crippen LogP contribution in [0.4, 0.5) is 40.7 Å². The van der Waals surface area contributed by atoms with Gasteiger partial charge in [-0.3, -0.25) is 62.0 Å². The molecule has 10 saturated heterocycles. The molecule has 700 valence electrons. The summed E-state index contributed by atoms with van der Waals surface area (Å²) in [6, 6.07) is 45.5.